The number of benzene rings is 1. The van der Waals surface area contributed by atoms with Gasteiger partial charge in [0.25, 0.3) is 0 Å². The molecule has 0 amide bonds. The molecule has 4 aromatic rings. The summed E-state index contributed by atoms with van der Waals surface area (Å²) in [6.45, 7) is 1.78. The van der Waals surface area contributed by atoms with Gasteiger partial charge in [-0.3, -0.25) is 14.3 Å². The van der Waals surface area contributed by atoms with Crippen LogP contribution < -0.4 is 0 Å². The maximum atomic E-state index is 4.26. The minimum Gasteiger partial charge on any atom is -0.264 e. The predicted octanol–water partition coefficient (Wildman–Crippen LogP) is 3.86. The Morgan fingerprint density at radius 1 is 0.643 bits per heavy atom. The zero-order valence-corrected chi connectivity index (χ0v) is 15.7. The van der Waals surface area contributed by atoms with Crippen LogP contribution in [0.5, 0.6) is 0 Å². The summed E-state index contributed by atoms with van der Waals surface area (Å²) < 4.78 is 3.84. The molecular weight excluding hydrogens is 350 g/mol. The predicted molar refractivity (Wildman–Crippen MR) is 107 cm³/mol. The molecule has 0 saturated carbocycles. The van der Waals surface area contributed by atoms with Gasteiger partial charge in [0.05, 0.1) is 12.4 Å². The Labute approximate surface area is 164 Å². The van der Waals surface area contributed by atoms with Gasteiger partial charge in [-0.1, -0.05) is 53.6 Å². The molecule has 0 unspecified atom stereocenters. The molecule has 28 heavy (non-hydrogen) atoms. The van der Waals surface area contributed by atoms with Crippen molar-refractivity contribution < 1.29 is 0 Å². The molecule has 0 aliphatic rings. The molecule has 0 N–H and O–H groups in total. The Kier molecular flexibility index (Phi) is 5.82. The van der Waals surface area contributed by atoms with Crippen LogP contribution in [0.3, 0.4) is 0 Å². The van der Waals surface area contributed by atoms with Gasteiger partial charge in [0, 0.05) is 36.6 Å². The van der Waals surface area contributed by atoms with Crippen molar-refractivity contribution in [1.82, 2.24) is 35.0 Å². The van der Waals surface area contributed by atoms with E-state index >= 15 is 0 Å². The number of nitrogens with zero attached hydrogens (tertiary/aromatic N) is 7. The molecule has 7 nitrogen and oxygen atoms in total. The van der Waals surface area contributed by atoms with Crippen molar-refractivity contribution in [2.24, 2.45) is 0 Å². The Morgan fingerprint density at radius 2 is 1.25 bits per heavy atom. The van der Waals surface area contributed by atoms with Crippen molar-refractivity contribution in [3.8, 4) is 22.5 Å². The SMILES string of the molecule is c1ccc(-c2cn(CCCCCCn3cc(-c4cccnc4)nn3)nn2)cc1. The van der Waals surface area contributed by atoms with Crippen LogP contribution in [0.1, 0.15) is 25.7 Å². The fourth-order valence-electron chi connectivity index (χ4n) is 3.10. The lowest BCUT2D eigenvalue weighted by atomic mass is 10.2. The van der Waals surface area contributed by atoms with E-state index in [4.69, 9.17) is 0 Å². The summed E-state index contributed by atoms with van der Waals surface area (Å²) in [5, 5.41) is 16.9. The van der Waals surface area contributed by atoms with Gasteiger partial charge in [-0.15, -0.1) is 10.2 Å². The minimum atomic E-state index is 0.869. The zero-order chi connectivity index (χ0) is 19.0. The Morgan fingerprint density at radius 3 is 1.86 bits per heavy atom. The van der Waals surface area contributed by atoms with Crippen molar-refractivity contribution in [3.63, 3.8) is 0 Å². The smallest absolute Gasteiger partial charge is 0.114 e. The van der Waals surface area contributed by atoms with Crippen LogP contribution in [0.25, 0.3) is 22.5 Å². The summed E-state index contributed by atoms with van der Waals surface area (Å²) in [7, 11) is 0. The molecule has 1 aromatic carbocycles. The molecule has 0 fully saturated rings. The molecule has 3 aromatic heterocycles. The maximum absolute atomic E-state index is 4.26. The van der Waals surface area contributed by atoms with E-state index in [2.05, 4.69) is 37.7 Å². The van der Waals surface area contributed by atoms with Crippen LogP contribution in [-0.2, 0) is 13.1 Å². The van der Waals surface area contributed by atoms with Crippen LogP contribution >= 0.6 is 0 Å². The first kappa shape index (κ1) is 18.0. The molecule has 0 aliphatic carbocycles. The number of pyridine rings is 1. The average molecular weight is 373 g/mol. The first-order valence-electron chi connectivity index (χ1n) is 9.64. The van der Waals surface area contributed by atoms with E-state index in [1.165, 1.54) is 0 Å². The summed E-state index contributed by atoms with van der Waals surface area (Å²) in [6.07, 6.45) is 12.1. The third-order valence-electron chi connectivity index (χ3n) is 4.63. The lowest BCUT2D eigenvalue weighted by Crippen LogP contribution is -2.01. The number of hydrogen-bond acceptors (Lipinski definition) is 5. The number of unbranched alkanes of at least 4 members (excludes halogenated alkanes) is 3. The second-order valence-corrected chi connectivity index (χ2v) is 6.76. The van der Waals surface area contributed by atoms with Crippen LogP contribution in [-0.4, -0.2) is 35.0 Å². The lowest BCUT2D eigenvalue weighted by molar-refractivity contribution is 0.490. The Bertz CT molecular complexity index is 894. The van der Waals surface area contributed by atoms with Crippen LogP contribution in [0.15, 0.2) is 67.3 Å². The molecule has 142 valence electrons. The second-order valence-electron chi connectivity index (χ2n) is 6.76. The van der Waals surface area contributed by atoms with Crippen molar-refractivity contribution in [2.75, 3.05) is 0 Å². The fraction of sp³-hybridized carbons (Fsp3) is 0.286. The highest BCUT2D eigenvalue weighted by atomic mass is 15.4. The maximum Gasteiger partial charge on any atom is 0.114 e. The highest BCUT2D eigenvalue weighted by molar-refractivity contribution is 5.57. The van der Waals surface area contributed by atoms with Crippen LogP contribution in [0.2, 0.25) is 0 Å². The Balaban J connectivity index is 1.16. The number of aromatic nitrogens is 7. The third kappa shape index (κ3) is 4.68. The molecule has 3 heterocycles. The van der Waals surface area contributed by atoms with Crippen molar-refractivity contribution in [2.45, 2.75) is 38.8 Å². The molecule has 4 rings (SSSR count). The summed E-state index contributed by atoms with van der Waals surface area (Å²) in [5.41, 5.74) is 3.90. The van der Waals surface area contributed by atoms with Gasteiger partial charge in [0.2, 0.25) is 0 Å². The molecule has 0 spiro atoms. The van der Waals surface area contributed by atoms with Gasteiger partial charge in [-0.25, -0.2) is 0 Å². The quantitative estimate of drug-likeness (QED) is 0.417. The van der Waals surface area contributed by atoms with E-state index in [0.29, 0.717) is 0 Å². The summed E-state index contributed by atoms with van der Waals surface area (Å²) in [5.74, 6) is 0. The van der Waals surface area contributed by atoms with Gasteiger partial charge < -0.3 is 0 Å². The molecule has 0 bridgehead atoms. The van der Waals surface area contributed by atoms with E-state index in [0.717, 1.165) is 61.3 Å². The molecule has 0 atom stereocenters. The van der Waals surface area contributed by atoms with Crippen molar-refractivity contribution in [3.05, 3.63) is 67.3 Å². The van der Waals surface area contributed by atoms with Gasteiger partial charge in [-0.2, -0.15) is 0 Å². The Hall–Kier alpha value is -3.35. The highest BCUT2D eigenvalue weighted by Gasteiger charge is 2.04. The zero-order valence-electron chi connectivity index (χ0n) is 15.7. The summed E-state index contributed by atoms with van der Waals surface area (Å²) in [4.78, 5) is 4.12. The van der Waals surface area contributed by atoms with E-state index in [-0.39, 0.29) is 0 Å². The van der Waals surface area contributed by atoms with E-state index in [9.17, 15) is 0 Å². The normalized spacial score (nSPS) is 11.0. The van der Waals surface area contributed by atoms with Crippen molar-refractivity contribution >= 4 is 0 Å². The first-order valence-corrected chi connectivity index (χ1v) is 9.64. The monoisotopic (exact) mass is 373 g/mol. The second kappa shape index (κ2) is 9.03. The molecular formula is C21H23N7. The van der Waals surface area contributed by atoms with Crippen LogP contribution in [0.4, 0.5) is 0 Å². The summed E-state index contributed by atoms with van der Waals surface area (Å²) in [6, 6.07) is 14.1. The van der Waals surface area contributed by atoms with Gasteiger partial charge in [0.15, 0.2) is 0 Å². The lowest BCUT2D eigenvalue weighted by Gasteiger charge is -2.02. The standard InChI is InChI=1S/C21H23N7/c1(6-13-27-16-20(23-25-27)18-9-4-3-5-10-18)2-7-14-28-17-21(24-26-28)19-11-8-12-22-15-19/h3-5,8-12,15-17H,1-2,6-7,13-14H2. The highest BCUT2D eigenvalue weighted by Crippen LogP contribution is 2.16. The van der Waals surface area contributed by atoms with E-state index in [1.807, 2.05) is 58.3 Å². The third-order valence-corrected chi connectivity index (χ3v) is 4.63. The van der Waals surface area contributed by atoms with E-state index in [1.54, 1.807) is 6.20 Å². The minimum absolute atomic E-state index is 0.869. The summed E-state index contributed by atoms with van der Waals surface area (Å²) >= 11 is 0. The van der Waals surface area contributed by atoms with E-state index < -0.39 is 0 Å². The van der Waals surface area contributed by atoms with Gasteiger partial charge in [0.1, 0.15) is 11.4 Å². The number of aryl methyl sites for hydroxylation is 2. The number of rotatable bonds is 9. The van der Waals surface area contributed by atoms with Crippen molar-refractivity contribution in [1.29, 1.82) is 0 Å². The molecule has 0 aliphatic heterocycles. The average Bonchev–Trinajstić information content (AvgIpc) is 3.42. The number of hydrogen-bond donors (Lipinski definition) is 0. The fourth-order valence-corrected chi connectivity index (χ4v) is 3.10. The van der Waals surface area contributed by atoms with Crippen LogP contribution in [0, 0.1) is 0 Å². The molecule has 0 radical (unpaired) electrons. The topological polar surface area (TPSA) is 74.3 Å². The molecule has 7 heteroatoms. The van der Waals surface area contributed by atoms with Gasteiger partial charge in [-0.05, 0) is 25.0 Å². The van der Waals surface area contributed by atoms with Gasteiger partial charge >= 0.3 is 0 Å². The first-order chi connectivity index (χ1) is 13.9. The molecule has 0 saturated heterocycles. The largest absolute Gasteiger partial charge is 0.264 e.